The molecule has 0 atom stereocenters. The van der Waals surface area contributed by atoms with Gasteiger partial charge in [-0.05, 0) is 36.4 Å². The monoisotopic (exact) mass is 552 g/mol. The predicted octanol–water partition coefficient (Wildman–Crippen LogP) is 4.34. The Labute approximate surface area is 231 Å². The van der Waals surface area contributed by atoms with E-state index in [9.17, 15) is 18.0 Å². The summed E-state index contributed by atoms with van der Waals surface area (Å²) in [6, 6.07) is 8.66. The van der Waals surface area contributed by atoms with Gasteiger partial charge in [0.2, 0.25) is 0 Å². The zero-order valence-corrected chi connectivity index (χ0v) is 22.6. The molecule has 1 amide bonds. The first kappa shape index (κ1) is 28.9. The maximum Gasteiger partial charge on any atom is 0.416 e. The van der Waals surface area contributed by atoms with E-state index < -0.39 is 17.6 Å². The predicted molar refractivity (Wildman–Crippen MR) is 147 cm³/mol. The lowest BCUT2D eigenvalue weighted by Crippen LogP contribution is -2.45. The summed E-state index contributed by atoms with van der Waals surface area (Å²) < 4.78 is 47.2. The van der Waals surface area contributed by atoms with Crippen molar-refractivity contribution in [3.63, 3.8) is 0 Å². The van der Waals surface area contributed by atoms with Crippen LogP contribution in [-0.4, -0.2) is 72.6 Å². The van der Waals surface area contributed by atoms with Crippen LogP contribution in [0.1, 0.15) is 39.5 Å². The summed E-state index contributed by atoms with van der Waals surface area (Å²) in [6.45, 7) is 6.21. The summed E-state index contributed by atoms with van der Waals surface area (Å²) >= 11 is 0. The molecule has 40 heavy (non-hydrogen) atoms. The van der Waals surface area contributed by atoms with Crippen LogP contribution in [0.5, 0.6) is 5.75 Å². The van der Waals surface area contributed by atoms with E-state index in [2.05, 4.69) is 44.3 Å². The Morgan fingerprint density at radius 2 is 1.75 bits per heavy atom. The molecule has 1 saturated heterocycles. The smallest absolute Gasteiger partial charge is 0.416 e. The first-order valence-electron chi connectivity index (χ1n) is 12.9. The molecule has 0 aliphatic carbocycles. The molecule has 11 heteroatoms. The number of ether oxygens (including phenoxy) is 1. The molecule has 0 radical (unpaired) electrons. The summed E-state index contributed by atoms with van der Waals surface area (Å²) in [5.41, 5.74) is 0.409. The SMILES string of the molecule is CCN1CCN(Cc2ccc(C(=O)Nc3cc(C#Cc4cnc(NC)c(OC)c4)ccn3)cc2C(F)(F)F)CC1. The number of amides is 1. The number of carbonyl (C=O) groups is 1. The summed E-state index contributed by atoms with van der Waals surface area (Å²) in [5, 5.41) is 5.50. The van der Waals surface area contributed by atoms with Gasteiger partial charge in [-0.25, -0.2) is 9.97 Å². The van der Waals surface area contributed by atoms with Crippen LogP contribution in [0.15, 0.2) is 48.8 Å². The molecule has 0 bridgehead atoms. The van der Waals surface area contributed by atoms with Gasteiger partial charge in [0, 0.05) is 74.9 Å². The van der Waals surface area contributed by atoms with Crippen LogP contribution in [0.2, 0.25) is 0 Å². The Kier molecular flexibility index (Phi) is 9.24. The van der Waals surface area contributed by atoms with E-state index in [1.165, 1.54) is 25.4 Å². The molecule has 4 rings (SSSR count). The van der Waals surface area contributed by atoms with Gasteiger partial charge in [0.15, 0.2) is 11.6 Å². The van der Waals surface area contributed by atoms with Gasteiger partial charge in [-0.1, -0.05) is 24.8 Å². The Hall–Kier alpha value is -4.14. The largest absolute Gasteiger partial charge is 0.493 e. The van der Waals surface area contributed by atoms with E-state index >= 15 is 0 Å². The third-order valence-electron chi connectivity index (χ3n) is 6.65. The van der Waals surface area contributed by atoms with Crippen LogP contribution in [0.4, 0.5) is 24.8 Å². The third-order valence-corrected chi connectivity index (χ3v) is 6.65. The summed E-state index contributed by atoms with van der Waals surface area (Å²) in [4.78, 5) is 25.5. The van der Waals surface area contributed by atoms with Gasteiger partial charge < -0.3 is 20.3 Å². The van der Waals surface area contributed by atoms with Crippen molar-refractivity contribution in [2.45, 2.75) is 19.6 Å². The number of hydrogen-bond acceptors (Lipinski definition) is 7. The van der Waals surface area contributed by atoms with Crippen molar-refractivity contribution in [2.24, 2.45) is 0 Å². The molecule has 3 aromatic rings. The van der Waals surface area contributed by atoms with Crippen molar-refractivity contribution >= 4 is 17.5 Å². The Morgan fingerprint density at radius 1 is 1.02 bits per heavy atom. The number of alkyl halides is 3. The highest BCUT2D eigenvalue weighted by molar-refractivity contribution is 6.04. The second-order valence-electron chi connectivity index (χ2n) is 9.24. The van der Waals surface area contributed by atoms with Crippen LogP contribution in [0.3, 0.4) is 0 Å². The maximum atomic E-state index is 14.0. The van der Waals surface area contributed by atoms with E-state index in [4.69, 9.17) is 4.74 Å². The molecule has 1 fully saturated rings. The van der Waals surface area contributed by atoms with Crippen molar-refractivity contribution in [1.82, 2.24) is 19.8 Å². The van der Waals surface area contributed by atoms with Crippen LogP contribution in [-0.2, 0) is 12.7 Å². The molecule has 2 aromatic heterocycles. The zero-order valence-electron chi connectivity index (χ0n) is 22.6. The lowest BCUT2D eigenvalue weighted by atomic mass is 10.0. The molecule has 0 spiro atoms. The number of benzene rings is 1. The molecule has 1 aliphatic heterocycles. The average molecular weight is 553 g/mol. The number of methoxy groups -OCH3 is 1. The minimum atomic E-state index is -4.59. The van der Waals surface area contributed by atoms with Gasteiger partial charge in [-0.15, -0.1) is 0 Å². The van der Waals surface area contributed by atoms with Crippen LogP contribution < -0.4 is 15.4 Å². The Morgan fingerprint density at radius 3 is 2.42 bits per heavy atom. The van der Waals surface area contributed by atoms with E-state index in [1.807, 2.05) is 4.90 Å². The molecular formula is C29H31F3N6O2. The molecule has 210 valence electrons. The number of nitrogens with zero attached hydrogens (tertiary/aromatic N) is 4. The van der Waals surface area contributed by atoms with Gasteiger partial charge in [-0.3, -0.25) is 9.69 Å². The highest BCUT2D eigenvalue weighted by Gasteiger charge is 2.34. The standard InChI is InChI=1S/C29H31F3N6O2/c1-4-37-11-13-38(14-12-37)19-23-8-7-22(17-24(23)29(30,31)32)28(39)36-26-16-20(9-10-34-26)5-6-21-15-25(40-3)27(33-2)35-18-21/h7-10,15-18H,4,11-14,19H2,1-3H3,(H,33,35)(H,34,36,39). The van der Waals surface area contributed by atoms with Crippen molar-refractivity contribution in [3.8, 4) is 17.6 Å². The molecule has 3 heterocycles. The molecule has 8 nitrogen and oxygen atoms in total. The summed E-state index contributed by atoms with van der Waals surface area (Å²) in [6.07, 6.45) is -1.53. The number of rotatable bonds is 7. The maximum absolute atomic E-state index is 14.0. The average Bonchev–Trinajstić information content (AvgIpc) is 2.96. The lowest BCUT2D eigenvalue weighted by Gasteiger charge is -2.34. The summed E-state index contributed by atoms with van der Waals surface area (Å²) in [7, 11) is 3.27. The number of halogens is 3. The van der Waals surface area contributed by atoms with E-state index in [0.717, 1.165) is 25.7 Å². The topological polar surface area (TPSA) is 82.6 Å². The highest BCUT2D eigenvalue weighted by Crippen LogP contribution is 2.33. The number of pyridine rings is 2. The van der Waals surface area contributed by atoms with Gasteiger partial charge >= 0.3 is 6.18 Å². The Balaban J connectivity index is 1.48. The number of carbonyl (C=O) groups excluding carboxylic acids is 1. The fraction of sp³-hybridized carbons (Fsp3) is 0.345. The molecule has 0 saturated carbocycles. The molecule has 2 N–H and O–H groups in total. The fourth-order valence-corrected chi connectivity index (χ4v) is 4.39. The third kappa shape index (κ3) is 7.28. The highest BCUT2D eigenvalue weighted by atomic mass is 19.4. The van der Waals surface area contributed by atoms with Gasteiger partial charge in [0.1, 0.15) is 5.82 Å². The molecular weight excluding hydrogens is 521 g/mol. The normalized spacial score (nSPS) is 14.2. The number of hydrogen-bond donors (Lipinski definition) is 2. The zero-order chi connectivity index (χ0) is 28.7. The summed E-state index contributed by atoms with van der Waals surface area (Å²) in [5.74, 6) is 6.55. The van der Waals surface area contributed by atoms with Crippen molar-refractivity contribution in [2.75, 3.05) is 57.5 Å². The minimum absolute atomic E-state index is 0.104. The second-order valence-corrected chi connectivity index (χ2v) is 9.24. The van der Waals surface area contributed by atoms with E-state index in [0.29, 0.717) is 35.8 Å². The molecule has 0 unspecified atom stereocenters. The van der Waals surface area contributed by atoms with Gasteiger partial charge in [0.25, 0.3) is 5.91 Å². The number of nitrogens with one attached hydrogen (secondary N) is 2. The van der Waals surface area contributed by atoms with E-state index in [1.54, 1.807) is 31.4 Å². The van der Waals surface area contributed by atoms with Crippen LogP contribution in [0.25, 0.3) is 0 Å². The first-order valence-corrected chi connectivity index (χ1v) is 12.9. The molecule has 1 aromatic carbocycles. The number of aromatic nitrogens is 2. The minimum Gasteiger partial charge on any atom is -0.493 e. The quantitative estimate of drug-likeness (QED) is 0.422. The van der Waals surface area contributed by atoms with Crippen molar-refractivity contribution in [3.05, 3.63) is 76.6 Å². The van der Waals surface area contributed by atoms with Crippen molar-refractivity contribution < 1.29 is 22.7 Å². The van der Waals surface area contributed by atoms with Crippen molar-refractivity contribution in [1.29, 1.82) is 0 Å². The number of anilines is 2. The Bertz CT molecular complexity index is 1410. The second kappa shape index (κ2) is 12.8. The fourth-order valence-electron chi connectivity index (χ4n) is 4.39. The number of piperazine rings is 1. The van der Waals surface area contributed by atoms with E-state index in [-0.39, 0.29) is 23.5 Å². The molecule has 1 aliphatic rings. The van der Waals surface area contributed by atoms with Crippen LogP contribution in [0, 0.1) is 11.8 Å². The van der Waals surface area contributed by atoms with Gasteiger partial charge in [-0.2, -0.15) is 13.2 Å². The lowest BCUT2D eigenvalue weighted by molar-refractivity contribution is -0.138. The number of likely N-dealkylation sites (N-methyl/N-ethyl adjacent to an activating group) is 1. The van der Waals surface area contributed by atoms with Crippen LogP contribution >= 0.6 is 0 Å². The first-order chi connectivity index (χ1) is 19.2. The van der Waals surface area contributed by atoms with Gasteiger partial charge in [0.05, 0.1) is 12.7 Å².